The Labute approximate surface area is 91.7 Å². The Balaban J connectivity index is 1.74. The van der Waals surface area contributed by atoms with E-state index in [-0.39, 0.29) is 5.54 Å². The number of nitrogens with two attached hydrogens (primary N) is 1. The summed E-state index contributed by atoms with van der Waals surface area (Å²) in [6.07, 6.45) is 6.62. The Kier molecular flexibility index (Phi) is 2.10. The van der Waals surface area contributed by atoms with Gasteiger partial charge in [0.1, 0.15) is 0 Å². The van der Waals surface area contributed by atoms with Gasteiger partial charge in [-0.2, -0.15) is 0 Å². The number of hydrogen-bond donors (Lipinski definition) is 1. The highest BCUT2D eigenvalue weighted by molar-refractivity contribution is 5.26. The Morgan fingerprint density at radius 2 is 1.67 bits per heavy atom. The third-order valence-electron chi connectivity index (χ3n) is 4.39. The minimum atomic E-state index is 0.151. The molecule has 2 atom stereocenters. The first-order chi connectivity index (χ1) is 7.31. The minimum Gasteiger partial charge on any atom is -0.324 e. The summed E-state index contributed by atoms with van der Waals surface area (Å²) in [5.74, 6) is 1.65. The fraction of sp³-hybridized carbons (Fsp3) is 0.571. The van der Waals surface area contributed by atoms with Crippen LogP contribution >= 0.6 is 0 Å². The molecule has 2 aliphatic rings. The van der Waals surface area contributed by atoms with Crippen LogP contribution in [-0.4, -0.2) is 5.54 Å². The molecule has 0 bridgehead atoms. The Morgan fingerprint density at radius 3 is 2.27 bits per heavy atom. The van der Waals surface area contributed by atoms with Crippen LogP contribution in [0.5, 0.6) is 0 Å². The number of fused-ring (bicyclic) bond motifs is 1. The molecule has 2 aliphatic carbocycles. The average Bonchev–Trinajstić information content (AvgIpc) is 2.87. The molecule has 15 heavy (non-hydrogen) atoms. The molecule has 0 aliphatic heterocycles. The van der Waals surface area contributed by atoms with Gasteiger partial charge in [-0.1, -0.05) is 43.2 Å². The molecule has 2 unspecified atom stereocenters. The van der Waals surface area contributed by atoms with E-state index in [4.69, 9.17) is 5.73 Å². The zero-order valence-corrected chi connectivity index (χ0v) is 9.15. The van der Waals surface area contributed by atoms with Gasteiger partial charge in [0.05, 0.1) is 0 Å². The minimum absolute atomic E-state index is 0.151. The maximum Gasteiger partial charge on any atom is 0.0259 e. The highest BCUT2D eigenvalue weighted by Crippen LogP contribution is 2.58. The predicted molar refractivity (Wildman–Crippen MR) is 62.5 cm³/mol. The van der Waals surface area contributed by atoms with Crippen molar-refractivity contribution in [2.45, 2.75) is 37.6 Å². The molecule has 1 nitrogen and oxygen atoms in total. The predicted octanol–water partition coefficient (Wildman–Crippen LogP) is 2.75. The first kappa shape index (κ1) is 9.41. The summed E-state index contributed by atoms with van der Waals surface area (Å²) in [6, 6.07) is 10.7. The summed E-state index contributed by atoms with van der Waals surface area (Å²) in [7, 11) is 0. The summed E-state index contributed by atoms with van der Waals surface area (Å²) < 4.78 is 0. The van der Waals surface area contributed by atoms with E-state index in [9.17, 15) is 0 Å². The highest BCUT2D eigenvalue weighted by atomic mass is 14.9. The lowest BCUT2D eigenvalue weighted by Crippen LogP contribution is -2.29. The summed E-state index contributed by atoms with van der Waals surface area (Å²) in [4.78, 5) is 0. The second-order valence-electron chi connectivity index (χ2n) is 5.27. The van der Waals surface area contributed by atoms with Crippen LogP contribution in [0.3, 0.4) is 0 Å². The first-order valence-corrected chi connectivity index (χ1v) is 6.13. The molecular weight excluding hydrogens is 182 g/mol. The van der Waals surface area contributed by atoms with Gasteiger partial charge in [0, 0.05) is 5.54 Å². The topological polar surface area (TPSA) is 26.0 Å². The number of hydrogen-bond acceptors (Lipinski definition) is 1. The fourth-order valence-corrected chi connectivity index (χ4v) is 3.51. The van der Waals surface area contributed by atoms with Gasteiger partial charge in [0.25, 0.3) is 0 Å². The molecule has 2 N–H and O–H groups in total. The van der Waals surface area contributed by atoms with Crippen LogP contribution in [0.2, 0.25) is 0 Å². The third-order valence-corrected chi connectivity index (χ3v) is 4.39. The van der Waals surface area contributed by atoms with Crippen LogP contribution in [0, 0.1) is 11.8 Å². The number of rotatable bonds is 2. The van der Waals surface area contributed by atoms with E-state index in [1.165, 1.54) is 31.2 Å². The van der Waals surface area contributed by atoms with Crippen molar-refractivity contribution in [3.8, 4) is 0 Å². The van der Waals surface area contributed by atoms with Crippen molar-refractivity contribution >= 4 is 0 Å². The summed E-state index contributed by atoms with van der Waals surface area (Å²) >= 11 is 0. The maximum absolute atomic E-state index is 6.53. The van der Waals surface area contributed by atoms with E-state index in [1.807, 2.05) is 0 Å². The van der Waals surface area contributed by atoms with Gasteiger partial charge in [0.2, 0.25) is 0 Å². The zero-order chi connectivity index (χ0) is 10.3. The number of benzene rings is 1. The van der Waals surface area contributed by atoms with Crippen LogP contribution in [0.25, 0.3) is 0 Å². The molecule has 0 radical (unpaired) electrons. The molecule has 80 valence electrons. The molecule has 1 aromatic rings. The molecule has 1 heteroatoms. The van der Waals surface area contributed by atoms with Gasteiger partial charge in [-0.05, 0) is 36.7 Å². The van der Waals surface area contributed by atoms with Crippen molar-refractivity contribution in [3.63, 3.8) is 0 Å². The normalized spacial score (nSPS) is 38.5. The molecular formula is C14H19N. The largest absolute Gasteiger partial charge is 0.324 e. The lowest BCUT2D eigenvalue weighted by Gasteiger charge is -2.11. The second kappa shape index (κ2) is 3.34. The SMILES string of the molecule is NC1(Cc2ccccc2)C2CCCCC21. The Morgan fingerprint density at radius 1 is 1.07 bits per heavy atom. The summed E-state index contributed by atoms with van der Waals surface area (Å²) in [5, 5.41) is 0. The standard InChI is InChI=1S/C14H19N/c15-14(10-11-6-2-1-3-7-11)12-8-4-5-9-13(12)14/h1-3,6-7,12-13H,4-5,8-10,15H2. The van der Waals surface area contributed by atoms with Crippen LogP contribution < -0.4 is 5.73 Å². The Bertz CT molecular complexity index is 332. The molecule has 2 saturated carbocycles. The van der Waals surface area contributed by atoms with E-state index in [0.717, 1.165) is 18.3 Å². The molecule has 0 amide bonds. The second-order valence-corrected chi connectivity index (χ2v) is 5.27. The van der Waals surface area contributed by atoms with Gasteiger partial charge in [-0.25, -0.2) is 0 Å². The van der Waals surface area contributed by atoms with Gasteiger partial charge in [-0.3, -0.25) is 0 Å². The smallest absolute Gasteiger partial charge is 0.0259 e. The van der Waals surface area contributed by atoms with Crippen molar-refractivity contribution in [2.24, 2.45) is 17.6 Å². The van der Waals surface area contributed by atoms with E-state index < -0.39 is 0 Å². The van der Waals surface area contributed by atoms with Crippen LogP contribution in [-0.2, 0) is 6.42 Å². The van der Waals surface area contributed by atoms with E-state index >= 15 is 0 Å². The highest BCUT2D eigenvalue weighted by Gasteiger charge is 2.61. The van der Waals surface area contributed by atoms with E-state index in [2.05, 4.69) is 30.3 Å². The fourth-order valence-electron chi connectivity index (χ4n) is 3.51. The molecule has 1 aromatic carbocycles. The zero-order valence-electron chi connectivity index (χ0n) is 9.15. The van der Waals surface area contributed by atoms with Crippen LogP contribution in [0.4, 0.5) is 0 Å². The quantitative estimate of drug-likeness (QED) is 0.782. The molecule has 0 aromatic heterocycles. The van der Waals surface area contributed by atoms with Crippen molar-refractivity contribution in [1.82, 2.24) is 0 Å². The van der Waals surface area contributed by atoms with Gasteiger partial charge in [0.15, 0.2) is 0 Å². The van der Waals surface area contributed by atoms with Crippen molar-refractivity contribution in [2.75, 3.05) is 0 Å². The van der Waals surface area contributed by atoms with Gasteiger partial charge in [-0.15, -0.1) is 0 Å². The van der Waals surface area contributed by atoms with E-state index in [0.29, 0.717) is 0 Å². The third kappa shape index (κ3) is 1.50. The van der Waals surface area contributed by atoms with Crippen molar-refractivity contribution < 1.29 is 0 Å². The van der Waals surface area contributed by atoms with Crippen LogP contribution in [0.15, 0.2) is 30.3 Å². The molecule has 0 heterocycles. The Hall–Kier alpha value is -0.820. The molecule has 0 saturated heterocycles. The summed E-state index contributed by atoms with van der Waals surface area (Å²) in [5.41, 5.74) is 8.09. The molecule has 0 spiro atoms. The summed E-state index contributed by atoms with van der Waals surface area (Å²) in [6.45, 7) is 0. The first-order valence-electron chi connectivity index (χ1n) is 6.13. The average molecular weight is 201 g/mol. The lowest BCUT2D eigenvalue weighted by molar-refractivity contribution is 0.480. The monoisotopic (exact) mass is 201 g/mol. The van der Waals surface area contributed by atoms with Crippen molar-refractivity contribution in [1.29, 1.82) is 0 Å². The van der Waals surface area contributed by atoms with Crippen molar-refractivity contribution in [3.05, 3.63) is 35.9 Å². The molecule has 2 fully saturated rings. The molecule has 3 rings (SSSR count). The lowest BCUT2D eigenvalue weighted by atomic mass is 10.0. The van der Waals surface area contributed by atoms with Gasteiger partial charge >= 0.3 is 0 Å². The van der Waals surface area contributed by atoms with E-state index in [1.54, 1.807) is 0 Å². The maximum atomic E-state index is 6.53. The van der Waals surface area contributed by atoms with Gasteiger partial charge < -0.3 is 5.73 Å². The van der Waals surface area contributed by atoms with Crippen LogP contribution in [0.1, 0.15) is 31.2 Å².